The van der Waals surface area contributed by atoms with Gasteiger partial charge in [-0.05, 0) is 37.1 Å². The monoisotopic (exact) mass is 327 g/mol. The average Bonchev–Trinajstić information content (AvgIpc) is 2.60. The van der Waals surface area contributed by atoms with Crippen LogP contribution in [0.3, 0.4) is 0 Å². The van der Waals surface area contributed by atoms with E-state index in [4.69, 9.17) is 4.74 Å². The van der Waals surface area contributed by atoms with Crippen molar-refractivity contribution in [3.8, 4) is 11.5 Å². The Morgan fingerprint density at radius 2 is 1.96 bits per heavy atom. The maximum Gasteiger partial charge on any atom is 0.192 e. The van der Waals surface area contributed by atoms with Crippen molar-refractivity contribution in [3.63, 3.8) is 0 Å². The molecular weight excluding hydrogens is 302 g/mol. The lowest BCUT2D eigenvalue weighted by Crippen LogP contribution is -2.38. The lowest BCUT2D eigenvalue weighted by atomic mass is 10.1. The molecule has 2 aromatic rings. The molecule has 5 nitrogen and oxygen atoms in total. The fourth-order valence-corrected chi connectivity index (χ4v) is 2.35. The van der Waals surface area contributed by atoms with Gasteiger partial charge in [0.15, 0.2) is 17.5 Å². The molecule has 0 saturated carbocycles. The largest absolute Gasteiger partial charge is 0.504 e. The van der Waals surface area contributed by atoms with Gasteiger partial charge in [0.2, 0.25) is 0 Å². The van der Waals surface area contributed by atoms with E-state index in [1.165, 1.54) is 12.7 Å². The molecule has 0 aliphatic rings. The van der Waals surface area contributed by atoms with E-state index in [1.54, 1.807) is 12.1 Å². The summed E-state index contributed by atoms with van der Waals surface area (Å²) in [6.45, 7) is 5.38. The van der Waals surface area contributed by atoms with Gasteiger partial charge in [-0.3, -0.25) is 0 Å². The summed E-state index contributed by atoms with van der Waals surface area (Å²) in [4.78, 5) is 4.59. The summed E-state index contributed by atoms with van der Waals surface area (Å²) in [7, 11) is 1.53. The fraction of sp³-hybridized carbons (Fsp3) is 0.316. The van der Waals surface area contributed by atoms with Crippen LogP contribution in [-0.2, 0) is 6.54 Å². The first-order valence-corrected chi connectivity index (χ1v) is 8.09. The Balaban J connectivity index is 2.06. The molecule has 0 aliphatic carbocycles. The second-order valence-corrected chi connectivity index (χ2v) is 5.48. The maximum atomic E-state index is 9.85. The van der Waals surface area contributed by atoms with Gasteiger partial charge in [-0.1, -0.05) is 36.4 Å². The van der Waals surface area contributed by atoms with Crippen molar-refractivity contribution in [2.24, 2.45) is 4.99 Å². The van der Waals surface area contributed by atoms with Crippen molar-refractivity contribution >= 4 is 5.96 Å². The molecule has 0 aromatic heterocycles. The summed E-state index contributed by atoms with van der Waals surface area (Å²) < 4.78 is 5.06. The Hall–Kier alpha value is -2.69. The third-order valence-corrected chi connectivity index (χ3v) is 3.66. The first-order valence-electron chi connectivity index (χ1n) is 8.09. The van der Waals surface area contributed by atoms with E-state index in [1.807, 2.05) is 31.2 Å². The van der Waals surface area contributed by atoms with Crippen LogP contribution in [0, 0.1) is 0 Å². The highest BCUT2D eigenvalue weighted by Gasteiger charge is 2.07. The first kappa shape index (κ1) is 17.7. The summed E-state index contributed by atoms with van der Waals surface area (Å²) in [5, 5.41) is 16.5. The highest BCUT2D eigenvalue weighted by Crippen LogP contribution is 2.26. The molecule has 0 heterocycles. The number of hydrogen-bond donors (Lipinski definition) is 3. The number of aromatic hydroxyl groups is 1. The van der Waals surface area contributed by atoms with Gasteiger partial charge < -0.3 is 20.5 Å². The van der Waals surface area contributed by atoms with Gasteiger partial charge >= 0.3 is 0 Å². The van der Waals surface area contributed by atoms with Gasteiger partial charge in [0.25, 0.3) is 0 Å². The van der Waals surface area contributed by atoms with E-state index in [9.17, 15) is 5.11 Å². The third-order valence-electron chi connectivity index (χ3n) is 3.66. The molecule has 1 atom stereocenters. The van der Waals surface area contributed by atoms with Gasteiger partial charge in [-0.15, -0.1) is 0 Å². The average molecular weight is 327 g/mol. The van der Waals surface area contributed by atoms with E-state index < -0.39 is 0 Å². The molecule has 2 rings (SSSR count). The zero-order chi connectivity index (χ0) is 17.4. The van der Waals surface area contributed by atoms with Crippen molar-refractivity contribution in [3.05, 3.63) is 59.7 Å². The SMILES string of the molecule is CCNC(=NCc1ccc(OC)c(O)c1)NC(C)c1ccccc1. The number of aliphatic imine (C=N–C) groups is 1. The number of benzene rings is 2. The van der Waals surface area contributed by atoms with E-state index in [0.717, 1.165) is 18.1 Å². The minimum atomic E-state index is 0.126. The van der Waals surface area contributed by atoms with Crippen molar-refractivity contribution in [1.29, 1.82) is 0 Å². The van der Waals surface area contributed by atoms with Crippen molar-refractivity contribution < 1.29 is 9.84 Å². The number of rotatable bonds is 6. The van der Waals surface area contributed by atoms with E-state index in [-0.39, 0.29) is 11.8 Å². The van der Waals surface area contributed by atoms with Gasteiger partial charge in [0.1, 0.15) is 0 Å². The normalized spacial score (nSPS) is 12.5. The van der Waals surface area contributed by atoms with Crippen LogP contribution in [0.4, 0.5) is 0 Å². The minimum absolute atomic E-state index is 0.126. The Morgan fingerprint density at radius 1 is 1.21 bits per heavy atom. The summed E-state index contributed by atoms with van der Waals surface area (Å²) in [5.41, 5.74) is 2.11. The fourth-order valence-electron chi connectivity index (χ4n) is 2.35. The Bertz CT molecular complexity index is 672. The van der Waals surface area contributed by atoms with Crippen molar-refractivity contribution in [2.75, 3.05) is 13.7 Å². The molecular formula is C19H25N3O2. The molecule has 0 radical (unpaired) electrons. The number of methoxy groups -OCH3 is 1. The molecule has 0 fully saturated rings. The maximum absolute atomic E-state index is 9.85. The Morgan fingerprint density at radius 3 is 2.58 bits per heavy atom. The van der Waals surface area contributed by atoms with Crippen LogP contribution in [-0.4, -0.2) is 24.7 Å². The molecule has 128 valence electrons. The third kappa shape index (κ3) is 4.91. The number of ether oxygens (including phenoxy) is 1. The number of hydrogen-bond acceptors (Lipinski definition) is 3. The molecule has 0 spiro atoms. The van der Waals surface area contributed by atoms with Crippen LogP contribution < -0.4 is 15.4 Å². The van der Waals surface area contributed by atoms with Crippen LogP contribution >= 0.6 is 0 Å². The van der Waals surface area contributed by atoms with Crippen molar-refractivity contribution in [1.82, 2.24) is 10.6 Å². The molecule has 0 saturated heterocycles. The molecule has 24 heavy (non-hydrogen) atoms. The molecule has 3 N–H and O–H groups in total. The quantitative estimate of drug-likeness (QED) is 0.563. The van der Waals surface area contributed by atoms with E-state index >= 15 is 0 Å². The van der Waals surface area contributed by atoms with Gasteiger partial charge in [-0.2, -0.15) is 0 Å². The molecule has 0 aliphatic heterocycles. The van der Waals surface area contributed by atoms with Gasteiger partial charge in [-0.25, -0.2) is 4.99 Å². The summed E-state index contributed by atoms with van der Waals surface area (Å²) >= 11 is 0. The van der Waals surface area contributed by atoms with E-state index in [0.29, 0.717) is 12.3 Å². The molecule has 0 amide bonds. The van der Waals surface area contributed by atoms with Crippen LogP contribution in [0.15, 0.2) is 53.5 Å². The molecule has 1 unspecified atom stereocenters. The summed E-state index contributed by atoms with van der Waals surface area (Å²) in [6.07, 6.45) is 0. The topological polar surface area (TPSA) is 65.9 Å². The minimum Gasteiger partial charge on any atom is -0.504 e. The smallest absolute Gasteiger partial charge is 0.192 e. The lowest BCUT2D eigenvalue weighted by molar-refractivity contribution is 0.373. The molecule has 0 bridgehead atoms. The predicted molar refractivity (Wildman–Crippen MR) is 97.5 cm³/mol. The highest BCUT2D eigenvalue weighted by atomic mass is 16.5. The number of nitrogens with one attached hydrogen (secondary N) is 2. The zero-order valence-corrected chi connectivity index (χ0v) is 14.4. The molecule has 5 heteroatoms. The second kappa shape index (κ2) is 8.82. The first-order chi connectivity index (χ1) is 11.6. The van der Waals surface area contributed by atoms with Crippen LogP contribution in [0.5, 0.6) is 11.5 Å². The highest BCUT2D eigenvalue weighted by molar-refractivity contribution is 5.80. The van der Waals surface area contributed by atoms with Gasteiger partial charge in [0.05, 0.1) is 19.7 Å². The molecule has 2 aromatic carbocycles. The zero-order valence-electron chi connectivity index (χ0n) is 14.4. The predicted octanol–water partition coefficient (Wildman–Crippen LogP) is 3.22. The Kier molecular flexibility index (Phi) is 6.49. The number of guanidine groups is 1. The number of nitrogens with zero attached hydrogens (tertiary/aromatic N) is 1. The lowest BCUT2D eigenvalue weighted by Gasteiger charge is -2.18. The number of phenolic OH excluding ortho intramolecular Hbond substituents is 1. The second-order valence-electron chi connectivity index (χ2n) is 5.48. The van der Waals surface area contributed by atoms with Crippen LogP contribution in [0.25, 0.3) is 0 Å². The number of phenols is 1. The Labute approximate surface area is 143 Å². The van der Waals surface area contributed by atoms with Crippen LogP contribution in [0.2, 0.25) is 0 Å². The standard InChI is InChI=1S/C19H25N3O2/c1-4-20-19(22-14(2)16-8-6-5-7-9-16)21-13-15-10-11-18(24-3)17(23)12-15/h5-12,14,23H,4,13H2,1-3H3,(H2,20,21,22). The van der Waals surface area contributed by atoms with Gasteiger partial charge in [0, 0.05) is 6.54 Å². The summed E-state index contributed by atoms with van der Waals surface area (Å²) in [5.74, 6) is 1.33. The van der Waals surface area contributed by atoms with E-state index in [2.05, 4.69) is 34.7 Å². The summed E-state index contributed by atoms with van der Waals surface area (Å²) in [6, 6.07) is 15.7. The van der Waals surface area contributed by atoms with Crippen molar-refractivity contribution in [2.45, 2.75) is 26.4 Å². The van der Waals surface area contributed by atoms with Crippen LogP contribution in [0.1, 0.15) is 31.0 Å².